The minimum Gasteiger partial charge on any atom is -0.423 e. The summed E-state index contributed by atoms with van der Waals surface area (Å²) in [6.45, 7) is 3.07. The molecule has 0 bridgehead atoms. The summed E-state index contributed by atoms with van der Waals surface area (Å²) < 4.78 is 5.89. The van der Waals surface area contributed by atoms with Crippen LogP contribution in [0.4, 0.5) is 6.01 Å². The number of piperidine rings is 1. The van der Waals surface area contributed by atoms with Gasteiger partial charge in [0.05, 0.1) is 0 Å². The van der Waals surface area contributed by atoms with E-state index in [-0.39, 0.29) is 5.38 Å². The van der Waals surface area contributed by atoms with E-state index in [2.05, 4.69) is 16.8 Å². The average molecular weight is 279 g/mol. The van der Waals surface area contributed by atoms with E-state index in [1.165, 1.54) is 19.3 Å². The number of nitrogens with zero attached hydrogens (tertiary/aromatic N) is 2. The predicted octanol–water partition coefficient (Wildman–Crippen LogP) is 4.20. The van der Waals surface area contributed by atoms with E-state index in [0.29, 0.717) is 6.04 Å². The molecular weight excluding hydrogens is 260 g/mol. The number of anilines is 1. The standard InChI is InChI=1S/C15H19ClN2O/c1-11(16)10-12-6-4-5-9-18(12)15-17-13-7-2-3-8-14(13)19-15/h2-3,7-8,11-12H,4-6,9-10H2,1H3. The van der Waals surface area contributed by atoms with Crippen molar-refractivity contribution in [3.8, 4) is 0 Å². The average Bonchev–Trinajstić information content (AvgIpc) is 2.82. The van der Waals surface area contributed by atoms with Crippen LogP contribution in [0.25, 0.3) is 11.1 Å². The second-order valence-electron chi connectivity index (χ2n) is 5.32. The molecule has 1 aromatic heterocycles. The van der Waals surface area contributed by atoms with Crippen LogP contribution in [0.1, 0.15) is 32.6 Å². The zero-order valence-corrected chi connectivity index (χ0v) is 11.9. The molecule has 2 atom stereocenters. The fraction of sp³-hybridized carbons (Fsp3) is 0.533. The third-order valence-corrected chi connectivity index (χ3v) is 3.93. The van der Waals surface area contributed by atoms with E-state index in [4.69, 9.17) is 16.0 Å². The summed E-state index contributed by atoms with van der Waals surface area (Å²) in [4.78, 5) is 6.90. The summed E-state index contributed by atoms with van der Waals surface area (Å²) in [7, 11) is 0. The van der Waals surface area contributed by atoms with Gasteiger partial charge in [0.15, 0.2) is 5.58 Å². The fourth-order valence-electron chi connectivity index (χ4n) is 2.86. The Labute approximate surface area is 118 Å². The number of fused-ring (bicyclic) bond motifs is 1. The minimum absolute atomic E-state index is 0.190. The van der Waals surface area contributed by atoms with Gasteiger partial charge in [-0.2, -0.15) is 4.98 Å². The van der Waals surface area contributed by atoms with Crippen LogP contribution in [0.3, 0.4) is 0 Å². The number of hydrogen-bond donors (Lipinski definition) is 0. The first-order valence-electron chi connectivity index (χ1n) is 7.00. The maximum atomic E-state index is 6.16. The van der Waals surface area contributed by atoms with Crippen LogP contribution in [-0.2, 0) is 0 Å². The molecule has 1 aliphatic heterocycles. The van der Waals surface area contributed by atoms with Gasteiger partial charge in [-0.25, -0.2) is 0 Å². The highest BCUT2D eigenvalue weighted by Crippen LogP contribution is 2.30. The molecule has 0 radical (unpaired) electrons. The number of hydrogen-bond acceptors (Lipinski definition) is 3. The van der Waals surface area contributed by atoms with Crippen LogP contribution >= 0.6 is 11.6 Å². The first kappa shape index (κ1) is 12.8. The lowest BCUT2D eigenvalue weighted by Gasteiger charge is -2.35. The highest BCUT2D eigenvalue weighted by molar-refractivity contribution is 6.20. The molecule has 4 heteroatoms. The number of para-hydroxylation sites is 2. The topological polar surface area (TPSA) is 29.3 Å². The van der Waals surface area contributed by atoms with Crippen LogP contribution in [0.5, 0.6) is 0 Å². The molecule has 2 unspecified atom stereocenters. The van der Waals surface area contributed by atoms with Gasteiger partial charge in [0.2, 0.25) is 0 Å². The lowest BCUT2D eigenvalue weighted by atomic mass is 9.99. The number of aromatic nitrogens is 1. The van der Waals surface area contributed by atoms with Crippen molar-refractivity contribution >= 4 is 28.7 Å². The molecule has 102 valence electrons. The van der Waals surface area contributed by atoms with Crippen LogP contribution < -0.4 is 4.90 Å². The Bertz CT molecular complexity index is 519. The van der Waals surface area contributed by atoms with E-state index in [0.717, 1.165) is 30.1 Å². The highest BCUT2D eigenvalue weighted by atomic mass is 35.5. The monoisotopic (exact) mass is 278 g/mol. The van der Waals surface area contributed by atoms with Crippen LogP contribution in [0.15, 0.2) is 28.7 Å². The van der Waals surface area contributed by atoms with E-state index in [9.17, 15) is 0 Å². The molecule has 2 aromatic rings. The largest absolute Gasteiger partial charge is 0.423 e. The van der Waals surface area contributed by atoms with Gasteiger partial charge in [0.1, 0.15) is 5.52 Å². The predicted molar refractivity (Wildman–Crippen MR) is 78.9 cm³/mol. The zero-order valence-electron chi connectivity index (χ0n) is 11.2. The van der Waals surface area contributed by atoms with E-state index in [1.54, 1.807) is 0 Å². The van der Waals surface area contributed by atoms with Crippen molar-refractivity contribution in [2.45, 2.75) is 44.0 Å². The van der Waals surface area contributed by atoms with Gasteiger partial charge in [-0.05, 0) is 44.7 Å². The molecule has 1 saturated heterocycles. The van der Waals surface area contributed by atoms with E-state index in [1.807, 2.05) is 24.3 Å². The maximum absolute atomic E-state index is 6.16. The first-order valence-corrected chi connectivity index (χ1v) is 7.44. The number of alkyl halides is 1. The van der Waals surface area contributed by atoms with Crippen molar-refractivity contribution in [3.63, 3.8) is 0 Å². The molecule has 1 aliphatic rings. The van der Waals surface area contributed by atoms with Crippen molar-refractivity contribution in [2.24, 2.45) is 0 Å². The Balaban J connectivity index is 1.89. The smallest absolute Gasteiger partial charge is 0.298 e. The molecule has 0 spiro atoms. The third-order valence-electron chi connectivity index (χ3n) is 3.75. The molecule has 3 nitrogen and oxygen atoms in total. The number of benzene rings is 1. The van der Waals surface area contributed by atoms with Crippen LogP contribution in [-0.4, -0.2) is 22.9 Å². The highest BCUT2D eigenvalue weighted by Gasteiger charge is 2.27. The molecule has 0 N–H and O–H groups in total. The van der Waals surface area contributed by atoms with Gasteiger partial charge in [0, 0.05) is 18.0 Å². The molecule has 1 fully saturated rings. The molecule has 3 rings (SSSR count). The Hall–Kier alpha value is -1.22. The summed E-state index contributed by atoms with van der Waals surface area (Å²) in [5, 5.41) is 0.190. The maximum Gasteiger partial charge on any atom is 0.298 e. The summed E-state index contributed by atoms with van der Waals surface area (Å²) in [5.74, 6) is 0. The molecule has 19 heavy (non-hydrogen) atoms. The lowest BCUT2D eigenvalue weighted by molar-refractivity contribution is 0.406. The third kappa shape index (κ3) is 2.71. The molecule has 0 saturated carbocycles. The van der Waals surface area contributed by atoms with Gasteiger partial charge in [-0.15, -0.1) is 11.6 Å². The van der Waals surface area contributed by atoms with Crippen molar-refractivity contribution in [1.29, 1.82) is 0 Å². The minimum atomic E-state index is 0.190. The molecule has 0 aliphatic carbocycles. The second kappa shape index (κ2) is 5.41. The van der Waals surface area contributed by atoms with Crippen molar-refractivity contribution in [2.75, 3.05) is 11.4 Å². The van der Waals surface area contributed by atoms with E-state index >= 15 is 0 Å². The number of oxazole rings is 1. The van der Waals surface area contributed by atoms with Crippen LogP contribution in [0, 0.1) is 0 Å². The SMILES string of the molecule is CC(Cl)CC1CCCCN1c1nc2ccccc2o1. The fourth-order valence-corrected chi connectivity index (χ4v) is 3.06. The van der Waals surface area contributed by atoms with Gasteiger partial charge in [0.25, 0.3) is 6.01 Å². The van der Waals surface area contributed by atoms with Crippen molar-refractivity contribution in [1.82, 2.24) is 4.98 Å². The van der Waals surface area contributed by atoms with Gasteiger partial charge in [-0.1, -0.05) is 12.1 Å². The number of halogens is 1. The summed E-state index contributed by atoms with van der Waals surface area (Å²) in [5.41, 5.74) is 1.79. The van der Waals surface area contributed by atoms with Gasteiger partial charge in [-0.3, -0.25) is 0 Å². The van der Waals surface area contributed by atoms with Crippen molar-refractivity contribution in [3.05, 3.63) is 24.3 Å². The normalized spacial score (nSPS) is 21.8. The van der Waals surface area contributed by atoms with Crippen molar-refractivity contribution < 1.29 is 4.42 Å². The Morgan fingerprint density at radius 3 is 3.05 bits per heavy atom. The second-order valence-corrected chi connectivity index (χ2v) is 6.07. The Morgan fingerprint density at radius 2 is 2.26 bits per heavy atom. The van der Waals surface area contributed by atoms with Crippen LogP contribution in [0.2, 0.25) is 0 Å². The quantitative estimate of drug-likeness (QED) is 0.788. The summed E-state index contributed by atoms with van der Waals surface area (Å²) in [6.07, 6.45) is 4.63. The molecule has 1 aromatic carbocycles. The molecule has 2 heterocycles. The van der Waals surface area contributed by atoms with Gasteiger partial charge < -0.3 is 9.32 Å². The van der Waals surface area contributed by atoms with E-state index < -0.39 is 0 Å². The lowest BCUT2D eigenvalue weighted by Crippen LogP contribution is -2.40. The molecular formula is C15H19ClN2O. The van der Waals surface area contributed by atoms with Gasteiger partial charge >= 0.3 is 0 Å². The summed E-state index contributed by atoms with van der Waals surface area (Å²) >= 11 is 6.16. The first-order chi connectivity index (χ1) is 9.24. The number of rotatable bonds is 3. The Kier molecular flexibility index (Phi) is 3.65. The zero-order chi connectivity index (χ0) is 13.2. The Morgan fingerprint density at radius 1 is 1.42 bits per heavy atom. The molecule has 0 amide bonds. The summed E-state index contributed by atoms with van der Waals surface area (Å²) in [6, 6.07) is 9.13.